The first-order valence-electron chi connectivity index (χ1n) is 5.34. The van der Waals surface area contributed by atoms with E-state index < -0.39 is 0 Å². The van der Waals surface area contributed by atoms with Crippen LogP contribution in [0.3, 0.4) is 0 Å². The number of hydrogen-bond acceptors (Lipinski definition) is 4. The summed E-state index contributed by atoms with van der Waals surface area (Å²) in [4.78, 5) is 5.72. The first-order chi connectivity index (χ1) is 7.84. The van der Waals surface area contributed by atoms with Crippen LogP contribution in [0.1, 0.15) is 16.5 Å². The van der Waals surface area contributed by atoms with Crippen molar-refractivity contribution in [3.63, 3.8) is 0 Å². The largest absolute Gasteiger partial charge is 0.379 e. The summed E-state index contributed by atoms with van der Waals surface area (Å²) in [5.74, 6) is 0.963. The summed E-state index contributed by atoms with van der Waals surface area (Å²) in [7, 11) is 0. The number of thiophene rings is 1. The number of pyridine rings is 1. The Morgan fingerprint density at radius 3 is 3.19 bits per heavy atom. The summed E-state index contributed by atoms with van der Waals surface area (Å²) in [6, 6.07) is 6.60. The van der Waals surface area contributed by atoms with Gasteiger partial charge in [-0.15, -0.1) is 11.3 Å². The maximum atomic E-state index is 4.37. The zero-order chi connectivity index (χ0) is 11.0. The molecule has 0 bridgehead atoms. The molecule has 0 radical (unpaired) electrons. The number of hydrogen-bond donors (Lipinski definition) is 2. The molecule has 1 atom stereocenters. The molecule has 2 aromatic heterocycles. The van der Waals surface area contributed by atoms with E-state index in [1.807, 2.05) is 12.3 Å². The molecule has 82 valence electrons. The number of aryl methyl sites for hydroxylation is 1. The van der Waals surface area contributed by atoms with Crippen LogP contribution >= 0.6 is 11.3 Å². The Labute approximate surface area is 98.5 Å². The minimum atomic E-state index is 0.335. The second-order valence-electron chi connectivity index (χ2n) is 3.94. The van der Waals surface area contributed by atoms with Crippen molar-refractivity contribution >= 4 is 22.8 Å². The predicted molar refractivity (Wildman–Crippen MR) is 68.1 cm³/mol. The lowest BCUT2D eigenvalue weighted by molar-refractivity contribution is 0.808. The number of fused-ring (bicyclic) bond motifs is 1. The Morgan fingerprint density at radius 2 is 2.38 bits per heavy atom. The molecule has 0 aliphatic carbocycles. The van der Waals surface area contributed by atoms with Gasteiger partial charge in [-0.05, 0) is 30.0 Å². The molecule has 2 N–H and O–H groups in total. The van der Waals surface area contributed by atoms with Crippen LogP contribution in [0.25, 0.3) is 0 Å². The van der Waals surface area contributed by atoms with Crippen LogP contribution in [-0.2, 0) is 0 Å². The van der Waals surface area contributed by atoms with Crippen molar-refractivity contribution < 1.29 is 0 Å². The fourth-order valence-corrected chi connectivity index (χ4v) is 2.75. The second kappa shape index (κ2) is 3.79. The molecule has 16 heavy (non-hydrogen) atoms. The SMILES string of the molecule is Cc1ccnc2c1NCC(c1cccs1)N2. The van der Waals surface area contributed by atoms with Gasteiger partial charge in [0.1, 0.15) is 5.82 Å². The van der Waals surface area contributed by atoms with Gasteiger partial charge in [0.25, 0.3) is 0 Å². The van der Waals surface area contributed by atoms with Crippen LogP contribution in [0.5, 0.6) is 0 Å². The lowest BCUT2D eigenvalue weighted by Gasteiger charge is -2.27. The van der Waals surface area contributed by atoms with Gasteiger partial charge in [-0.2, -0.15) is 0 Å². The first kappa shape index (κ1) is 9.66. The fraction of sp³-hybridized carbons (Fsp3) is 0.250. The van der Waals surface area contributed by atoms with Crippen molar-refractivity contribution in [1.82, 2.24) is 4.98 Å². The summed E-state index contributed by atoms with van der Waals surface area (Å²) in [6.07, 6.45) is 1.85. The molecule has 1 unspecified atom stereocenters. The first-order valence-corrected chi connectivity index (χ1v) is 6.22. The normalized spacial score (nSPS) is 18.4. The molecule has 0 saturated heterocycles. The summed E-state index contributed by atoms with van der Waals surface area (Å²) < 4.78 is 0. The van der Waals surface area contributed by atoms with Gasteiger partial charge >= 0.3 is 0 Å². The number of nitrogens with zero attached hydrogens (tertiary/aromatic N) is 1. The van der Waals surface area contributed by atoms with Crippen molar-refractivity contribution in [2.75, 3.05) is 17.2 Å². The molecular formula is C12H13N3S. The minimum Gasteiger partial charge on any atom is -0.379 e. The number of anilines is 2. The molecule has 0 amide bonds. The number of nitrogens with one attached hydrogen (secondary N) is 2. The highest BCUT2D eigenvalue weighted by Crippen LogP contribution is 2.33. The molecule has 0 spiro atoms. The maximum absolute atomic E-state index is 4.37. The Balaban J connectivity index is 1.92. The van der Waals surface area contributed by atoms with E-state index >= 15 is 0 Å². The molecule has 4 heteroatoms. The quantitative estimate of drug-likeness (QED) is 0.792. The van der Waals surface area contributed by atoms with Gasteiger partial charge in [-0.3, -0.25) is 0 Å². The van der Waals surface area contributed by atoms with Crippen LogP contribution in [-0.4, -0.2) is 11.5 Å². The van der Waals surface area contributed by atoms with E-state index in [1.165, 1.54) is 10.4 Å². The van der Waals surface area contributed by atoms with E-state index in [0.717, 1.165) is 18.1 Å². The van der Waals surface area contributed by atoms with Crippen molar-refractivity contribution in [1.29, 1.82) is 0 Å². The third kappa shape index (κ3) is 1.55. The highest BCUT2D eigenvalue weighted by molar-refractivity contribution is 7.10. The highest BCUT2D eigenvalue weighted by Gasteiger charge is 2.20. The second-order valence-corrected chi connectivity index (χ2v) is 4.92. The summed E-state index contributed by atoms with van der Waals surface area (Å²) in [5.41, 5.74) is 2.37. The van der Waals surface area contributed by atoms with Crippen LogP contribution in [0.2, 0.25) is 0 Å². The topological polar surface area (TPSA) is 37.0 Å². The Morgan fingerprint density at radius 1 is 1.44 bits per heavy atom. The van der Waals surface area contributed by atoms with Gasteiger partial charge in [-0.1, -0.05) is 6.07 Å². The van der Waals surface area contributed by atoms with E-state index in [2.05, 4.69) is 40.1 Å². The molecule has 0 aromatic carbocycles. The third-order valence-electron chi connectivity index (χ3n) is 2.84. The molecule has 0 fully saturated rings. The van der Waals surface area contributed by atoms with Crippen molar-refractivity contribution in [2.24, 2.45) is 0 Å². The fourth-order valence-electron chi connectivity index (χ4n) is 1.97. The van der Waals surface area contributed by atoms with E-state index in [9.17, 15) is 0 Å². The minimum absolute atomic E-state index is 0.335. The Bertz CT molecular complexity index is 493. The van der Waals surface area contributed by atoms with Gasteiger partial charge in [-0.25, -0.2) is 4.98 Å². The smallest absolute Gasteiger partial charge is 0.150 e. The standard InChI is InChI=1S/C12H13N3S/c1-8-4-5-13-12-11(8)14-7-9(15-12)10-3-2-6-16-10/h2-6,9,14H,7H2,1H3,(H,13,15). The van der Waals surface area contributed by atoms with E-state index in [-0.39, 0.29) is 0 Å². The van der Waals surface area contributed by atoms with E-state index in [0.29, 0.717) is 6.04 Å². The molecule has 3 rings (SSSR count). The lowest BCUT2D eigenvalue weighted by Crippen LogP contribution is -2.26. The van der Waals surface area contributed by atoms with Crippen LogP contribution in [0.4, 0.5) is 11.5 Å². The molecule has 1 aliphatic rings. The zero-order valence-electron chi connectivity index (χ0n) is 9.03. The van der Waals surface area contributed by atoms with Crippen molar-refractivity contribution in [2.45, 2.75) is 13.0 Å². The summed E-state index contributed by atoms with van der Waals surface area (Å²) in [5, 5.41) is 9.04. The average Bonchev–Trinajstić information content (AvgIpc) is 2.82. The summed E-state index contributed by atoms with van der Waals surface area (Å²) in [6.45, 7) is 3.01. The monoisotopic (exact) mass is 231 g/mol. The number of rotatable bonds is 1. The van der Waals surface area contributed by atoms with E-state index in [4.69, 9.17) is 0 Å². The predicted octanol–water partition coefficient (Wildman–Crippen LogP) is 3.03. The highest BCUT2D eigenvalue weighted by atomic mass is 32.1. The molecule has 0 saturated carbocycles. The Kier molecular flexibility index (Phi) is 2.29. The van der Waals surface area contributed by atoms with E-state index in [1.54, 1.807) is 11.3 Å². The average molecular weight is 231 g/mol. The zero-order valence-corrected chi connectivity index (χ0v) is 9.84. The summed E-state index contributed by atoms with van der Waals surface area (Å²) >= 11 is 1.78. The van der Waals surface area contributed by atoms with Gasteiger partial charge < -0.3 is 10.6 Å². The molecule has 1 aliphatic heterocycles. The van der Waals surface area contributed by atoms with Crippen LogP contribution in [0.15, 0.2) is 29.8 Å². The van der Waals surface area contributed by atoms with Gasteiger partial charge in [0, 0.05) is 17.6 Å². The number of aromatic nitrogens is 1. The third-order valence-corrected chi connectivity index (χ3v) is 3.83. The van der Waals surface area contributed by atoms with Gasteiger partial charge in [0.2, 0.25) is 0 Å². The van der Waals surface area contributed by atoms with Crippen LogP contribution in [0, 0.1) is 6.92 Å². The molecule has 2 aromatic rings. The van der Waals surface area contributed by atoms with Crippen molar-refractivity contribution in [3.05, 3.63) is 40.2 Å². The molecule has 3 heterocycles. The molecular weight excluding hydrogens is 218 g/mol. The lowest BCUT2D eigenvalue weighted by atomic mass is 10.1. The van der Waals surface area contributed by atoms with Crippen molar-refractivity contribution in [3.8, 4) is 0 Å². The van der Waals surface area contributed by atoms with Gasteiger partial charge in [0.05, 0.1) is 11.7 Å². The van der Waals surface area contributed by atoms with Crippen LogP contribution < -0.4 is 10.6 Å². The van der Waals surface area contributed by atoms with Gasteiger partial charge in [0.15, 0.2) is 0 Å². The molecule has 3 nitrogen and oxygen atoms in total. The maximum Gasteiger partial charge on any atom is 0.150 e. The Hall–Kier alpha value is -1.55.